The Morgan fingerprint density at radius 1 is 1.43 bits per heavy atom. The van der Waals surface area contributed by atoms with Crippen molar-refractivity contribution in [1.82, 2.24) is 5.32 Å². The number of carbonyl (C=O) groups is 1. The van der Waals surface area contributed by atoms with Crippen LogP contribution in [-0.2, 0) is 10.0 Å². The Balaban J connectivity index is 3.14. The van der Waals surface area contributed by atoms with E-state index in [4.69, 9.17) is 16.7 Å². The first-order chi connectivity index (χ1) is 9.48. The van der Waals surface area contributed by atoms with Gasteiger partial charge in [0.05, 0.1) is 10.6 Å². The highest BCUT2D eigenvalue weighted by molar-refractivity contribution is 9.10. The number of halogens is 2. The first-order valence-corrected chi connectivity index (χ1v) is 8.99. The number of amides is 1. The molecule has 0 fully saturated rings. The number of sulfonamides is 1. The van der Waals surface area contributed by atoms with Crippen LogP contribution in [0.15, 0.2) is 21.5 Å². The van der Waals surface area contributed by atoms with E-state index in [2.05, 4.69) is 21.2 Å². The molecule has 0 spiro atoms. The average Bonchev–Trinajstić information content (AvgIpc) is 2.37. The summed E-state index contributed by atoms with van der Waals surface area (Å²) in [5.41, 5.74) is 0.0127. The predicted octanol–water partition coefficient (Wildman–Crippen LogP) is 2.92. The van der Waals surface area contributed by atoms with Gasteiger partial charge in [-0.3, -0.25) is 4.79 Å². The van der Waals surface area contributed by atoms with Gasteiger partial charge in [0.2, 0.25) is 10.0 Å². The number of nitrogens with one attached hydrogen (secondary N) is 1. The maximum Gasteiger partial charge on any atom is 0.252 e. The van der Waals surface area contributed by atoms with Crippen molar-refractivity contribution in [3.05, 3.63) is 27.2 Å². The van der Waals surface area contributed by atoms with Crippen molar-refractivity contribution in [3.8, 4) is 0 Å². The Labute approximate surface area is 138 Å². The number of hydrogen-bond acceptors (Lipinski definition) is 3. The Hall–Kier alpha value is -0.630. The van der Waals surface area contributed by atoms with Crippen LogP contribution in [0.25, 0.3) is 0 Å². The lowest BCUT2D eigenvalue weighted by Crippen LogP contribution is -2.34. The summed E-state index contributed by atoms with van der Waals surface area (Å²) in [6.07, 6.45) is 0.891. The molecule has 0 heterocycles. The minimum absolute atomic E-state index is 0.0586. The summed E-state index contributed by atoms with van der Waals surface area (Å²) in [6.45, 7) is 6.52. The molecule has 0 aliphatic rings. The number of nitrogens with two attached hydrogens (primary N) is 1. The van der Waals surface area contributed by atoms with E-state index in [1.165, 1.54) is 12.1 Å². The zero-order valence-electron chi connectivity index (χ0n) is 12.0. The molecule has 0 unspecified atom stereocenters. The number of benzene rings is 1. The molecule has 1 rings (SSSR count). The molecular weight excluding hydrogens is 380 g/mol. The number of hydrogen-bond donors (Lipinski definition) is 2. The number of rotatable bonds is 5. The molecule has 3 N–H and O–H groups in total. The molecule has 0 saturated heterocycles. The molecule has 0 radical (unpaired) electrons. The summed E-state index contributed by atoms with van der Waals surface area (Å²) in [4.78, 5) is 11.9. The van der Waals surface area contributed by atoms with E-state index in [-0.39, 0.29) is 20.9 Å². The highest BCUT2D eigenvalue weighted by Crippen LogP contribution is 2.29. The SMILES string of the molecule is CCC(C)(C)CNC(=O)c1cc(Br)cc(S(N)(=O)=O)c1Cl. The van der Waals surface area contributed by atoms with Gasteiger partial charge in [0, 0.05) is 11.0 Å². The topological polar surface area (TPSA) is 89.3 Å². The fourth-order valence-electron chi connectivity index (χ4n) is 1.48. The average molecular weight is 398 g/mol. The van der Waals surface area contributed by atoms with Crippen molar-refractivity contribution in [2.75, 3.05) is 6.54 Å². The fraction of sp³-hybridized carbons (Fsp3) is 0.462. The molecule has 0 saturated carbocycles. The van der Waals surface area contributed by atoms with Gasteiger partial charge in [0.25, 0.3) is 5.91 Å². The third-order valence-electron chi connectivity index (χ3n) is 3.24. The van der Waals surface area contributed by atoms with E-state index >= 15 is 0 Å². The summed E-state index contributed by atoms with van der Waals surface area (Å²) in [7, 11) is -4.00. The number of primary sulfonamides is 1. The Morgan fingerprint density at radius 2 is 2.00 bits per heavy atom. The molecule has 0 bridgehead atoms. The van der Waals surface area contributed by atoms with E-state index in [1.807, 2.05) is 20.8 Å². The zero-order chi connectivity index (χ0) is 16.4. The normalized spacial score (nSPS) is 12.3. The predicted molar refractivity (Wildman–Crippen MR) is 86.9 cm³/mol. The third kappa shape index (κ3) is 4.95. The highest BCUT2D eigenvalue weighted by Gasteiger charge is 2.22. The van der Waals surface area contributed by atoms with Crippen molar-refractivity contribution in [1.29, 1.82) is 0 Å². The van der Waals surface area contributed by atoms with Gasteiger partial charge in [-0.15, -0.1) is 0 Å². The largest absolute Gasteiger partial charge is 0.351 e. The van der Waals surface area contributed by atoms with E-state index < -0.39 is 15.9 Å². The van der Waals surface area contributed by atoms with Gasteiger partial charge >= 0.3 is 0 Å². The molecule has 1 aromatic carbocycles. The minimum atomic E-state index is -4.00. The van der Waals surface area contributed by atoms with Crippen LogP contribution in [0.5, 0.6) is 0 Å². The van der Waals surface area contributed by atoms with Gasteiger partial charge in [0.15, 0.2) is 0 Å². The van der Waals surface area contributed by atoms with E-state index in [0.717, 1.165) is 6.42 Å². The van der Waals surface area contributed by atoms with Gasteiger partial charge < -0.3 is 5.32 Å². The quantitative estimate of drug-likeness (QED) is 0.800. The van der Waals surface area contributed by atoms with Gasteiger partial charge in [-0.1, -0.05) is 48.3 Å². The molecule has 0 aliphatic carbocycles. The maximum absolute atomic E-state index is 12.2. The molecule has 5 nitrogen and oxygen atoms in total. The van der Waals surface area contributed by atoms with E-state index in [0.29, 0.717) is 11.0 Å². The van der Waals surface area contributed by atoms with Crippen LogP contribution in [-0.4, -0.2) is 20.9 Å². The molecule has 8 heteroatoms. The van der Waals surface area contributed by atoms with Crippen molar-refractivity contribution in [2.45, 2.75) is 32.1 Å². The van der Waals surface area contributed by atoms with Gasteiger partial charge in [-0.25, -0.2) is 13.6 Å². The first kappa shape index (κ1) is 18.4. The molecule has 0 aliphatic heterocycles. The molecule has 118 valence electrons. The van der Waals surface area contributed by atoms with Crippen LogP contribution in [0.2, 0.25) is 5.02 Å². The zero-order valence-corrected chi connectivity index (χ0v) is 15.2. The van der Waals surface area contributed by atoms with Crippen LogP contribution in [0, 0.1) is 5.41 Å². The number of carbonyl (C=O) groups excluding carboxylic acids is 1. The van der Waals surface area contributed by atoms with Crippen molar-refractivity contribution in [2.24, 2.45) is 10.6 Å². The second-order valence-corrected chi connectivity index (χ2v) is 8.33. The van der Waals surface area contributed by atoms with Gasteiger partial charge in [0.1, 0.15) is 4.90 Å². The summed E-state index contributed by atoms with van der Waals surface area (Å²) < 4.78 is 23.4. The Bertz CT molecular complexity index is 660. The van der Waals surface area contributed by atoms with Gasteiger partial charge in [-0.05, 0) is 24.0 Å². The van der Waals surface area contributed by atoms with Crippen LogP contribution >= 0.6 is 27.5 Å². The summed E-state index contributed by atoms with van der Waals surface area (Å²) in [5.74, 6) is -0.437. The van der Waals surface area contributed by atoms with Crippen LogP contribution in [0.3, 0.4) is 0 Å². The molecule has 1 amide bonds. The lowest BCUT2D eigenvalue weighted by atomic mass is 9.90. The smallest absolute Gasteiger partial charge is 0.252 e. The van der Waals surface area contributed by atoms with Crippen molar-refractivity contribution < 1.29 is 13.2 Å². The minimum Gasteiger partial charge on any atom is -0.351 e. The van der Waals surface area contributed by atoms with Gasteiger partial charge in [-0.2, -0.15) is 0 Å². The van der Waals surface area contributed by atoms with E-state index in [1.54, 1.807) is 0 Å². The van der Waals surface area contributed by atoms with Crippen molar-refractivity contribution >= 4 is 43.5 Å². The van der Waals surface area contributed by atoms with Crippen molar-refractivity contribution in [3.63, 3.8) is 0 Å². The molecule has 21 heavy (non-hydrogen) atoms. The lowest BCUT2D eigenvalue weighted by molar-refractivity contribution is 0.0935. The molecule has 0 aromatic heterocycles. The standard InChI is InChI=1S/C13H18BrClN2O3S/c1-4-13(2,3)7-17-12(18)9-5-8(14)6-10(11(9)15)21(16,19)20/h5-6H,4,7H2,1-3H3,(H,17,18)(H2,16,19,20). The molecular formula is C13H18BrClN2O3S. The molecule has 0 atom stereocenters. The van der Waals surface area contributed by atoms with Crippen LogP contribution in [0.1, 0.15) is 37.6 Å². The Morgan fingerprint density at radius 3 is 2.48 bits per heavy atom. The van der Waals surface area contributed by atoms with Crippen LogP contribution < -0.4 is 10.5 Å². The third-order valence-corrected chi connectivity index (χ3v) is 5.15. The maximum atomic E-state index is 12.2. The monoisotopic (exact) mass is 396 g/mol. The fourth-order valence-corrected chi connectivity index (χ4v) is 3.25. The highest BCUT2D eigenvalue weighted by atomic mass is 79.9. The first-order valence-electron chi connectivity index (χ1n) is 6.28. The molecule has 1 aromatic rings. The van der Waals surface area contributed by atoms with E-state index in [9.17, 15) is 13.2 Å². The second-order valence-electron chi connectivity index (χ2n) is 5.51. The summed E-state index contributed by atoms with van der Waals surface area (Å²) in [5, 5.41) is 7.68. The lowest BCUT2D eigenvalue weighted by Gasteiger charge is -2.23. The second kappa shape index (κ2) is 6.64. The Kier molecular flexibility index (Phi) is 5.83. The van der Waals surface area contributed by atoms with Crippen LogP contribution in [0.4, 0.5) is 0 Å². The summed E-state index contributed by atoms with van der Waals surface area (Å²) in [6, 6.07) is 2.73. The summed E-state index contributed by atoms with van der Waals surface area (Å²) >= 11 is 9.16.